The van der Waals surface area contributed by atoms with E-state index in [1.54, 1.807) is 19.9 Å². The van der Waals surface area contributed by atoms with E-state index in [1.807, 2.05) is 20.8 Å². The van der Waals surface area contributed by atoms with Crippen LogP contribution in [-0.2, 0) is 9.53 Å². The molecule has 1 aromatic rings. The molecule has 0 unspecified atom stereocenters. The Morgan fingerprint density at radius 1 is 1.00 bits per heavy atom. The first-order chi connectivity index (χ1) is 13.1. The minimum atomic E-state index is -1.14. The van der Waals surface area contributed by atoms with Crippen molar-refractivity contribution in [2.75, 3.05) is 13.2 Å². The summed E-state index contributed by atoms with van der Waals surface area (Å²) in [7, 11) is 0. The van der Waals surface area contributed by atoms with Crippen molar-refractivity contribution >= 4 is 17.9 Å². The topological polar surface area (TPSA) is 103 Å². The van der Waals surface area contributed by atoms with Gasteiger partial charge in [-0.25, -0.2) is 9.59 Å². The van der Waals surface area contributed by atoms with Crippen molar-refractivity contribution in [2.24, 2.45) is 5.92 Å². The normalized spacial score (nSPS) is 11.7. The molecule has 0 saturated heterocycles. The molecule has 1 rings (SSSR count). The lowest BCUT2D eigenvalue weighted by Crippen LogP contribution is -2.46. The number of rotatable bonds is 9. The first-order valence-corrected chi connectivity index (χ1v) is 9.36. The van der Waals surface area contributed by atoms with Gasteiger partial charge in [-0.15, -0.1) is 0 Å². The Hall–Kier alpha value is -2.77. The van der Waals surface area contributed by atoms with E-state index in [-0.39, 0.29) is 11.6 Å². The molecule has 0 spiro atoms. The predicted octanol–water partition coefficient (Wildman–Crippen LogP) is 2.90. The molecule has 2 N–H and O–H groups in total. The van der Waals surface area contributed by atoms with Crippen LogP contribution in [0.4, 0.5) is 4.79 Å². The van der Waals surface area contributed by atoms with Gasteiger partial charge in [0.1, 0.15) is 0 Å². The van der Waals surface area contributed by atoms with Gasteiger partial charge in [0.2, 0.25) is 0 Å². The number of nitrogens with one attached hydrogen (secondary N) is 2. The zero-order valence-corrected chi connectivity index (χ0v) is 17.3. The lowest BCUT2D eigenvalue weighted by molar-refractivity contribution is -0.127. The van der Waals surface area contributed by atoms with Gasteiger partial charge in [-0.3, -0.25) is 10.1 Å². The van der Waals surface area contributed by atoms with E-state index in [1.165, 1.54) is 19.1 Å². The van der Waals surface area contributed by atoms with Crippen LogP contribution in [0.25, 0.3) is 0 Å². The first-order valence-electron chi connectivity index (χ1n) is 9.36. The maximum absolute atomic E-state index is 12.4. The molecule has 1 atom stereocenters. The Balaban J connectivity index is 2.78. The number of esters is 1. The minimum absolute atomic E-state index is 0.126. The van der Waals surface area contributed by atoms with E-state index in [9.17, 15) is 14.4 Å². The summed E-state index contributed by atoms with van der Waals surface area (Å²) in [6, 6.07) is 3.91. The van der Waals surface area contributed by atoms with Gasteiger partial charge in [0.25, 0.3) is 5.91 Å². The summed E-state index contributed by atoms with van der Waals surface area (Å²) in [6.07, 6.45) is -1.14. The number of ether oxygens (including phenoxy) is 3. The molecule has 156 valence electrons. The Morgan fingerprint density at radius 2 is 1.68 bits per heavy atom. The second kappa shape index (κ2) is 11.2. The predicted molar refractivity (Wildman–Crippen MR) is 105 cm³/mol. The second-order valence-electron chi connectivity index (χ2n) is 6.96. The highest BCUT2D eigenvalue weighted by atomic mass is 16.5. The van der Waals surface area contributed by atoms with Crippen LogP contribution in [0, 0.1) is 5.92 Å². The van der Waals surface area contributed by atoms with Gasteiger partial charge in [0.05, 0.1) is 18.8 Å². The summed E-state index contributed by atoms with van der Waals surface area (Å²) < 4.78 is 16.4. The van der Waals surface area contributed by atoms with E-state index in [0.29, 0.717) is 30.6 Å². The third kappa shape index (κ3) is 7.85. The molecule has 0 aliphatic heterocycles. The summed E-state index contributed by atoms with van der Waals surface area (Å²) in [5.41, 5.74) is 0.214. The van der Waals surface area contributed by atoms with Crippen LogP contribution in [-0.4, -0.2) is 43.3 Å². The molecule has 3 amide bonds. The summed E-state index contributed by atoms with van der Waals surface area (Å²) in [5.74, 6) is -0.127. The quantitative estimate of drug-likeness (QED) is 0.624. The Morgan fingerprint density at radius 3 is 2.25 bits per heavy atom. The maximum Gasteiger partial charge on any atom is 0.339 e. The van der Waals surface area contributed by atoms with Crippen molar-refractivity contribution in [1.82, 2.24) is 10.6 Å². The van der Waals surface area contributed by atoms with E-state index in [4.69, 9.17) is 14.2 Å². The van der Waals surface area contributed by atoms with Gasteiger partial charge in [0, 0.05) is 6.04 Å². The van der Waals surface area contributed by atoms with Gasteiger partial charge in [-0.2, -0.15) is 0 Å². The Labute approximate surface area is 165 Å². The highest BCUT2D eigenvalue weighted by molar-refractivity contribution is 5.98. The number of imide groups is 1. The average molecular weight is 394 g/mol. The van der Waals surface area contributed by atoms with Gasteiger partial charge in [-0.05, 0) is 51.8 Å². The first kappa shape index (κ1) is 23.3. The summed E-state index contributed by atoms with van der Waals surface area (Å²) >= 11 is 0. The van der Waals surface area contributed by atoms with Crippen molar-refractivity contribution < 1.29 is 28.6 Å². The fourth-order valence-electron chi connectivity index (χ4n) is 2.07. The number of urea groups is 1. The molecule has 28 heavy (non-hydrogen) atoms. The molecule has 8 nitrogen and oxygen atoms in total. The lowest BCUT2D eigenvalue weighted by atomic mass is 10.2. The standard InChI is InChI=1S/C20H30N2O6/c1-7-26-17-10-15(8-9-16(17)27-11-12(2)3)19(24)28-14(6)18(23)22-20(25)21-13(4)5/h8-10,12-14H,7,11H2,1-6H3,(H2,21,22,23,25)/t14-/m0/s1. The third-order valence-corrected chi connectivity index (χ3v) is 3.36. The van der Waals surface area contributed by atoms with Crippen LogP contribution in [0.1, 0.15) is 51.9 Å². The smallest absolute Gasteiger partial charge is 0.339 e. The fraction of sp³-hybridized carbons (Fsp3) is 0.550. The maximum atomic E-state index is 12.4. The van der Waals surface area contributed by atoms with Crippen molar-refractivity contribution in [2.45, 2.75) is 53.7 Å². The molecular formula is C20H30N2O6. The lowest BCUT2D eigenvalue weighted by Gasteiger charge is -2.16. The van der Waals surface area contributed by atoms with Crippen LogP contribution in [0.3, 0.4) is 0 Å². The van der Waals surface area contributed by atoms with Crippen LogP contribution < -0.4 is 20.1 Å². The Bertz CT molecular complexity index is 687. The van der Waals surface area contributed by atoms with Crippen molar-refractivity contribution in [3.8, 4) is 11.5 Å². The summed E-state index contributed by atoms with van der Waals surface area (Å²) in [6.45, 7) is 11.7. The molecule has 1 aromatic carbocycles. The van der Waals surface area contributed by atoms with Crippen LogP contribution in [0.5, 0.6) is 11.5 Å². The van der Waals surface area contributed by atoms with E-state index >= 15 is 0 Å². The van der Waals surface area contributed by atoms with Gasteiger partial charge >= 0.3 is 12.0 Å². The number of benzene rings is 1. The second-order valence-corrected chi connectivity index (χ2v) is 6.96. The number of carbonyl (C=O) groups is 3. The number of amides is 3. The highest BCUT2D eigenvalue weighted by Gasteiger charge is 2.22. The van der Waals surface area contributed by atoms with Crippen molar-refractivity contribution in [3.63, 3.8) is 0 Å². The summed E-state index contributed by atoms with van der Waals surface area (Å²) in [5, 5.41) is 4.64. The van der Waals surface area contributed by atoms with E-state index in [2.05, 4.69) is 10.6 Å². The van der Waals surface area contributed by atoms with Gasteiger partial charge in [0.15, 0.2) is 17.6 Å². The zero-order valence-electron chi connectivity index (χ0n) is 17.3. The fourth-order valence-corrected chi connectivity index (χ4v) is 2.07. The SMILES string of the molecule is CCOc1cc(C(=O)O[C@@H](C)C(=O)NC(=O)NC(C)C)ccc1OCC(C)C. The largest absolute Gasteiger partial charge is 0.490 e. The third-order valence-electron chi connectivity index (χ3n) is 3.36. The number of hydrogen-bond acceptors (Lipinski definition) is 6. The Kier molecular flexibility index (Phi) is 9.27. The monoisotopic (exact) mass is 394 g/mol. The average Bonchev–Trinajstić information content (AvgIpc) is 2.59. The van der Waals surface area contributed by atoms with Gasteiger partial charge < -0.3 is 19.5 Å². The molecule has 0 aliphatic carbocycles. The van der Waals surface area contributed by atoms with Crippen LogP contribution >= 0.6 is 0 Å². The van der Waals surface area contributed by atoms with Crippen molar-refractivity contribution in [3.05, 3.63) is 23.8 Å². The summed E-state index contributed by atoms with van der Waals surface area (Å²) in [4.78, 5) is 35.9. The molecule has 8 heteroatoms. The molecule has 0 aromatic heterocycles. The van der Waals surface area contributed by atoms with E-state index in [0.717, 1.165) is 0 Å². The molecule has 0 aliphatic rings. The molecule has 0 radical (unpaired) electrons. The van der Waals surface area contributed by atoms with E-state index < -0.39 is 24.0 Å². The minimum Gasteiger partial charge on any atom is -0.490 e. The number of carbonyl (C=O) groups excluding carboxylic acids is 3. The molecule has 0 saturated carbocycles. The highest BCUT2D eigenvalue weighted by Crippen LogP contribution is 2.29. The van der Waals surface area contributed by atoms with Crippen molar-refractivity contribution in [1.29, 1.82) is 0 Å². The molecular weight excluding hydrogens is 364 g/mol. The zero-order chi connectivity index (χ0) is 21.3. The van der Waals surface area contributed by atoms with Gasteiger partial charge in [-0.1, -0.05) is 13.8 Å². The molecule has 0 fully saturated rings. The molecule has 0 heterocycles. The molecule has 0 bridgehead atoms. The number of hydrogen-bond donors (Lipinski definition) is 2. The van der Waals surface area contributed by atoms with Crippen LogP contribution in [0.15, 0.2) is 18.2 Å². The van der Waals surface area contributed by atoms with Crippen LogP contribution in [0.2, 0.25) is 0 Å².